The van der Waals surface area contributed by atoms with E-state index >= 15 is 0 Å². The second-order valence-corrected chi connectivity index (χ2v) is 5.74. The van der Waals surface area contributed by atoms with E-state index in [0.29, 0.717) is 30.4 Å². The minimum Gasteiger partial charge on any atom is -0.376 e. The van der Waals surface area contributed by atoms with Crippen molar-refractivity contribution < 1.29 is 9.53 Å². The van der Waals surface area contributed by atoms with Crippen LogP contribution >= 0.6 is 0 Å². The summed E-state index contributed by atoms with van der Waals surface area (Å²) >= 11 is 0. The summed E-state index contributed by atoms with van der Waals surface area (Å²) in [6.07, 6.45) is 5.64. The minimum absolute atomic E-state index is 0.112. The zero-order valence-corrected chi connectivity index (χ0v) is 13.7. The summed E-state index contributed by atoms with van der Waals surface area (Å²) in [7, 11) is 0. The highest BCUT2D eigenvalue weighted by Gasteiger charge is 2.17. The number of carbonyl (C=O) groups excluding carboxylic acids is 1. The highest BCUT2D eigenvalue weighted by Crippen LogP contribution is 2.12. The summed E-state index contributed by atoms with van der Waals surface area (Å²) in [5.41, 5.74) is 1.45. The number of nitrogens with zero attached hydrogens (tertiary/aromatic N) is 3. The topological polar surface area (TPSA) is 89.0 Å². The normalized spacial score (nSPS) is 16.8. The fourth-order valence-corrected chi connectivity index (χ4v) is 2.57. The number of ether oxygens (including phenoxy) is 1. The zero-order chi connectivity index (χ0) is 16.8. The van der Waals surface area contributed by atoms with E-state index in [-0.39, 0.29) is 12.0 Å². The van der Waals surface area contributed by atoms with Crippen LogP contribution in [0.15, 0.2) is 30.6 Å². The highest BCUT2D eigenvalue weighted by molar-refractivity contribution is 5.92. The van der Waals surface area contributed by atoms with Crippen LogP contribution in [0.25, 0.3) is 0 Å². The van der Waals surface area contributed by atoms with Crippen LogP contribution < -0.4 is 10.6 Å². The molecule has 0 aliphatic carbocycles. The first-order chi connectivity index (χ1) is 11.7. The van der Waals surface area contributed by atoms with Crippen molar-refractivity contribution in [1.82, 2.24) is 20.3 Å². The van der Waals surface area contributed by atoms with Crippen LogP contribution in [0.2, 0.25) is 0 Å². The number of anilines is 1. The van der Waals surface area contributed by atoms with E-state index < -0.39 is 0 Å². The monoisotopic (exact) mass is 327 g/mol. The second kappa shape index (κ2) is 7.83. The SMILES string of the molecule is Cc1nc(NCc2ccncc2)cc(C(=O)NCC2CCCO2)n1. The molecular formula is C17H21N5O2. The molecule has 7 heteroatoms. The molecule has 2 aromatic rings. The fourth-order valence-electron chi connectivity index (χ4n) is 2.57. The van der Waals surface area contributed by atoms with Crippen LogP contribution in [0.4, 0.5) is 5.82 Å². The molecular weight excluding hydrogens is 306 g/mol. The predicted octanol–water partition coefficient (Wildman–Crippen LogP) is 1.70. The molecule has 0 radical (unpaired) electrons. The van der Waals surface area contributed by atoms with Crippen LogP contribution in [0.1, 0.15) is 34.7 Å². The van der Waals surface area contributed by atoms with Gasteiger partial charge in [-0.05, 0) is 37.5 Å². The number of hydrogen-bond acceptors (Lipinski definition) is 6. The molecule has 1 aliphatic rings. The van der Waals surface area contributed by atoms with Crippen LogP contribution in [0.3, 0.4) is 0 Å². The molecule has 1 saturated heterocycles. The van der Waals surface area contributed by atoms with Gasteiger partial charge < -0.3 is 15.4 Å². The van der Waals surface area contributed by atoms with Gasteiger partial charge in [0.25, 0.3) is 5.91 Å². The van der Waals surface area contributed by atoms with Crippen molar-refractivity contribution in [2.75, 3.05) is 18.5 Å². The van der Waals surface area contributed by atoms with Crippen molar-refractivity contribution in [1.29, 1.82) is 0 Å². The summed E-state index contributed by atoms with van der Waals surface area (Å²) < 4.78 is 5.51. The largest absolute Gasteiger partial charge is 0.376 e. The third-order valence-corrected chi connectivity index (χ3v) is 3.81. The Labute approximate surface area is 140 Å². The Bertz CT molecular complexity index is 687. The van der Waals surface area contributed by atoms with Gasteiger partial charge >= 0.3 is 0 Å². The molecule has 1 aliphatic heterocycles. The lowest BCUT2D eigenvalue weighted by Crippen LogP contribution is -2.32. The van der Waals surface area contributed by atoms with E-state index in [0.717, 1.165) is 25.0 Å². The third kappa shape index (κ3) is 4.48. The summed E-state index contributed by atoms with van der Waals surface area (Å²) in [4.78, 5) is 24.8. The molecule has 3 heterocycles. The molecule has 3 rings (SSSR count). The third-order valence-electron chi connectivity index (χ3n) is 3.81. The van der Waals surface area contributed by atoms with Crippen molar-refractivity contribution >= 4 is 11.7 Å². The second-order valence-electron chi connectivity index (χ2n) is 5.74. The first-order valence-corrected chi connectivity index (χ1v) is 8.09. The highest BCUT2D eigenvalue weighted by atomic mass is 16.5. The maximum absolute atomic E-state index is 12.3. The number of nitrogens with one attached hydrogen (secondary N) is 2. The summed E-state index contributed by atoms with van der Waals surface area (Å²) in [6.45, 7) is 3.67. The van der Waals surface area contributed by atoms with Gasteiger partial charge in [0.15, 0.2) is 0 Å². The summed E-state index contributed by atoms with van der Waals surface area (Å²) in [6, 6.07) is 5.52. The Balaban J connectivity index is 1.61. The smallest absolute Gasteiger partial charge is 0.270 e. The maximum atomic E-state index is 12.3. The van der Waals surface area contributed by atoms with Crippen molar-refractivity contribution in [2.24, 2.45) is 0 Å². The van der Waals surface area contributed by atoms with E-state index in [1.165, 1.54) is 0 Å². The Morgan fingerprint density at radius 2 is 2.17 bits per heavy atom. The van der Waals surface area contributed by atoms with E-state index in [9.17, 15) is 4.79 Å². The Morgan fingerprint density at radius 3 is 2.92 bits per heavy atom. The molecule has 2 N–H and O–H groups in total. The molecule has 0 saturated carbocycles. The Kier molecular flexibility index (Phi) is 5.32. The van der Waals surface area contributed by atoms with Crippen molar-refractivity contribution in [3.63, 3.8) is 0 Å². The van der Waals surface area contributed by atoms with Crippen LogP contribution in [0, 0.1) is 6.92 Å². The quantitative estimate of drug-likeness (QED) is 0.839. The Morgan fingerprint density at radius 1 is 1.33 bits per heavy atom. The number of carbonyl (C=O) groups is 1. The molecule has 1 amide bonds. The van der Waals surface area contributed by atoms with Gasteiger partial charge in [0, 0.05) is 38.2 Å². The van der Waals surface area contributed by atoms with Gasteiger partial charge in [-0.1, -0.05) is 0 Å². The van der Waals surface area contributed by atoms with E-state index in [2.05, 4.69) is 25.6 Å². The molecule has 0 aromatic carbocycles. The number of pyridine rings is 1. The van der Waals surface area contributed by atoms with Crippen molar-refractivity contribution in [3.05, 3.63) is 47.7 Å². The van der Waals surface area contributed by atoms with E-state index in [1.54, 1.807) is 25.4 Å². The van der Waals surface area contributed by atoms with Gasteiger partial charge in [-0.2, -0.15) is 0 Å². The summed E-state index contributed by atoms with van der Waals surface area (Å²) in [5.74, 6) is 0.974. The molecule has 126 valence electrons. The number of hydrogen-bond donors (Lipinski definition) is 2. The maximum Gasteiger partial charge on any atom is 0.270 e. The number of rotatable bonds is 6. The van der Waals surface area contributed by atoms with Crippen LogP contribution in [0.5, 0.6) is 0 Å². The van der Waals surface area contributed by atoms with Gasteiger partial charge in [-0.25, -0.2) is 9.97 Å². The van der Waals surface area contributed by atoms with Gasteiger partial charge in [0.1, 0.15) is 17.3 Å². The van der Waals surface area contributed by atoms with Crippen LogP contribution in [-0.4, -0.2) is 40.1 Å². The van der Waals surface area contributed by atoms with Gasteiger partial charge in [0.2, 0.25) is 0 Å². The lowest BCUT2D eigenvalue weighted by atomic mass is 10.2. The molecule has 0 spiro atoms. The Hall–Kier alpha value is -2.54. The number of aryl methyl sites for hydroxylation is 1. The average molecular weight is 327 g/mol. The molecule has 1 fully saturated rings. The molecule has 0 bridgehead atoms. The van der Waals surface area contributed by atoms with E-state index in [1.807, 2.05) is 12.1 Å². The van der Waals surface area contributed by atoms with Crippen molar-refractivity contribution in [3.8, 4) is 0 Å². The number of amides is 1. The predicted molar refractivity (Wildman–Crippen MR) is 89.6 cm³/mol. The lowest BCUT2D eigenvalue weighted by molar-refractivity contribution is 0.0853. The first kappa shape index (κ1) is 16.3. The van der Waals surface area contributed by atoms with Gasteiger partial charge in [0.05, 0.1) is 6.10 Å². The van der Waals surface area contributed by atoms with Crippen LogP contribution in [-0.2, 0) is 11.3 Å². The fraction of sp³-hybridized carbons (Fsp3) is 0.412. The number of aromatic nitrogens is 3. The minimum atomic E-state index is -0.206. The molecule has 2 aromatic heterocycles. The standard InChI is InChI=1S/C17H21N5O2/c1-12-21-15(17(23)20-11-14-3-2-8-24-14)9-16(22-12)19-10-13-4-6-18-7-5-13/h4-7,9,14H,2-3,8,10-11H2,1H3,(H,20,23)(H,19,21,22). The van der Waals surface area contributed by atoms with Gasteiger partial charge in [-0.3, -0.25) is 9.78 Å². The molecule has 7 nitrogen and oxygen atoms in total. The molecule has 1 unspecified atom stereocenters. The first-order valence-electron chi connectivity index (χ1n) is 8.09. The van der Waals surface area contributed by atoms with Crippen molar-refractivity contribution in [2.45, 2.75) is 32.4 Å². The molecule has 24 heavy (non-hydrogen) atoms. The van der Waals surface area contributed by atoms with Gasteiger partial charge in [-0.15, -0.1) is 0 Å². The molecule has 1 atom stereocenters. The summed E-state index contributed by atoms with van der Waals surface area (Å²) in [5, 5.41) is 6.09. The lowest BCUT2D eigenvalue weighted by Gasteiger charge is -2.12. The van der Waals surface area contributed by atoms with E-state index in [4.69, 9.17) is 4.74 Å². The average Bonchev–Trinajstić information content (AvgIpc) is 3.12. The zero-order valence-electron chi connectivity index (χ0n) is 13.7.